The Balaban J connectivity index is 3.11. The molecular weight excluding hydrogens is 264 g/mol. The lowest BCUT2D eigenvalue weighted by Crippen LogP contribution is -2.31. The first-order valence-electron chi connectivity index (χ1n) is 6.08. The zero-order valence-electron chi connectivity index (χ0n) is 11.1. The lowest BCUT2D eigenvalue weighted by atomic mass is 10.1. The smallest absolute Gasteiger partial charge is 0.243 e. The fraction of sp³-hybridized carbons (Fsp3) is 0.462. The zero-order valence-corrected chi connectivity index (χ0v) is 11.9. The highest BCUT2D eigenvalue weighted by Crippen LogP contribution is 2.20. The number of aliphatic hydroxyl groups excluding tert-OH is 1. The highest BCUT2D eigenvalue weighted by Gasteiger charge is 2.23. The summed E-state index contributed by atoms with van der Waals surface area (Å²) < 4.78 is 26.0. The minimum atomic E-state index is -3.61. The number of hydrogen-bond acceptors (Lipinski definition) is 4. The molecule has 0 radical (unpaired) electrons. The molecule has 0 spiro atoms. The Kier molecular flexibility index (Phi) is 5.48. The molecule has 1 aromatic rings. The van der Waals surface area contributed by atoms with E-state index in [0.717, 1.165) is 0 Å². The normalized spacial score (nSPS) is 13.2. The Hall–Kier alpha value is -1.42. The molecule has 6 heteroatoms. The lowest BCUT2D eigenvalue weighted by Gasteiger charge is -2.19. The largest absolute Gasteiger partial charge is 0.389 e. The van der Waals surface area contributed by atoms with Crippen molar-refractivity contribution in [2.75, 3.05) is 13.1 Å². The summed E-state index contributed by atoms with van der Waals surface area (Å²) in [5.74, 6) is 0. The molecule has 0 aliphatic heterocycles. The molecule has 0 aliphatic carbocycles. The van der Waals surface area contributed by atoms with Crippen molar-refractivity contribution in [2.45, 2.75) is 31.3 Å². The number of aliphatic hydroxyl groups is 1. The van der Waals surface area contributed by atoms with Crippen LogP contribution in [0.3, 0.4) is 0 Å². The molecule has 0 heterocycles. The third-order valence-electron chi connectivity index (χ3n) is 2.80. The fourth-order valence-corrected chi connectivity index (χ4v) is 3.21. The molecule has 1 unspecified atom stereocenters. The molecule has 104 valence electrons. The summed E-state index contributed by atoms with van der Waals surface area (Å²) in [6.45, 7) is 3.80. The quantitative estimate of drug-likeness (QED) is 0.860. The van der Waals surface area contributed by atoms with E-state index in [0.29, 0.717) is 12.1 Å². The van der Waals surface area contributed by atoms with Gasteiger partial charge in [-0.15, -0.1) is 0 Å². The molecule has 0 saturated heterocycles. The Morgan fingerprint density at radius 2 is 2.16 bits per heavy atom. The van der Waals surface area contributed by atoms with Crippen molar-refractivity contribution in [1.29, 1.82) is 5.26 Å². The molecule has 1 rings (SSSR count). The monoisotopic (exact) mass is 282 g/mol. The van der Waals surface area contributed by atoms with Crippen molar-refractivity contribution >= 4 is 10.0 Å². The molecule has 1 atom stereocenters. The Bertz CT molecular complexity index is 561. The standard InChI is InChI=1S/C13H18N2O3S/c1-3-15(9-5-8-14)19(17,18)13-7-4-6-12(10-13)11(2)16/h4,6-7,10-11,16H,3,5,9H2,1-2H3. The molecule has 0 saturated carbocycles. The van der Waals surface area contributed by atoms with E-state index in [2.05, 4.69) is 0 Å². The summed E-state index contributed by atoms with van der Waals surface area (Å²) in [7, 11) is -3.61. The van der Waals surface area contributed by atoms with Crippen molar-refractivity contribution in [1.82, 2.24) is 4.31 Å². The minimum absolute atomic E-state index is 0.144. The second kappa shape index (κ2) is 6.66. The van der Waals surface area contributed by atoms with Crippen LogP contribution >= 0.6 is 0 Å². The van der Waals surface area contributed by atoms with Gasteiger partial charge in [0, 0.05) is 19.5 Å². The third kappa shape index (κ3) is 3.77. The van der Waals surface area contributed by atoms with Gasteiger partial charge in [0.25, 0.3) is 0 Å². The summed E-state index contributed by atoms with van der Waals surface area (Å²) >= 11 is 0. The van der Waals surface area contributed by atoms with Gasteiger partial charge < -0.3 is 5.11 Å². The van der Waals surface area contributed by atoms with Crippen molar-refractivity contribution in [3.63, 3.8) is 0 Å². The molecule has 0 amide bonds. The lowest BCUT2D eigenvalue weighted by molar-refractivity contribution is 0.199. The molecule has 1 aromatic carbocycles. The Morgan fingerprint density at radius 1 is 1.47 bits per heavy atom. The summed E-state index contributed by atoms with van der Waals surface area (Å²) in [5.41, 5.74) is 0.553. The van der Waals surface area contributed by atoms with Gasteiger partial charge in [0.1, 0.15) is 0 Å². The van der Waals surface area contributed by atoms with Crippen molar-refractivity contribution in [3.05, 3.63) is 29.8 Å². The molecular formula is C13H18N2O3S. The van der Waals surface area contributed by atoms with Gasteiger partial charge in [0.15, 0.2) is 0 Å². The highest BCUT2D eigenvalue weighted by atomic mass is 32.2. The highest BCUT2D eigenvalue weighted by molar-refractivity contribution is 7.89. The molecule has 5 nitrogen and oxygen atoms in total. The predicted molar refractivity (Wildman–Crippen MR) is 71.7 cm³/mol. The zero-order chi connectivity index (χ0) is 14.5. The van der Waals surface area contributed by atoms with Gasteiger partial charge in [-0.3, -0.25) is 0 Å². The molecule has 19 heavy (non-hydrogen) atoms. The molecule has 0 aromatic heterocycles. The van der Waals surface area contributed by atoms with Crippen LogP contribution in [0.25, 0.3) is 0 Å². The number of sulfonamides is 1. The van der Waals surface area contributed by atoms with Gasteiger partial charge in [-0.05, 0) is 24.6 Å². The Labute approximate surface area is 114 Å². The Morgan fingerprint density at radius 3 is 2.68 bits per heavy atom. The first kappa shape index (κ1) is 15.6. The van der Waals surface area contributed by atoms with Crippen molar-refractivity contribution in [2.24, 2.45) is 0 Å². The van der Waals surface area contributed by atoms with E-state index in [4.69, 9.17) is 5.26 Å². The second-order valence-corrected chi connectivity index (χ2v) is 6.09. The maximum atomic E-state index is 12.4. The minimum Gasteiger partial charge on any atom is -0.389 e. The molecule has 0 aliphatic rings. The number of rotatable bonds is 6. The van der Waals surface area contributed by atoms with E-state index in [1.807, 2.05) is 6.07 Å². The molecule has 0 bridgehead atoms. The van der Waals surface area contributed by atoms with Crippen molar-refractivity contribution in [3.8, 4) is 6.07 Å². The van der Waals surface area contributed by atoms with E-state index >= 15 is 0 Å². The van der Waals surface area contributed by atoms with Crippen LogP contribution < -0.4 is 0 Å². The van der Waals surface area contributed by atoms with Gasteiger partial charge in [-0.2, -0.15) is 9.57 Å². The van der Waals surface area contributed by atoms with E-state index in [9.17, 15) is 13.5 Å². The third-order valence-corrected chi connectivity index (χ3v) is 4.77. The van der Waals surface area contributed by atoms with Crippen LogP contribution in [0, 0.1) is 11.3 Å². The average molecular weight is 282 g/mol. The van der Waals surface area contributed by atoms with Crippen LogP contribution in [0.1, 0.15) is 31.9 Å². The van der Waals surface area contributed by atoms with Crippen LogP contribution in [-0.4, -0.2) is 30.9 Å². The summed E-state index contributed by atoms with van der Waals surface area (Å²) in [6, 6.07) is 8.18. The maximum Gasteiger partial charge on any atom is 0.243 e. The SMILES string of the molecule is CCN(CCC#N)S(=O)(=O)c1cccc(C(C)O)c1. The molecule has 0 fully saturated rings. The predicted octanol–water partition coefficient (Wildman–Crippen LogP) is 1.66. The van der Waals surface area contributed by atoms with Crippen LogP contribution in [0.2, 0.25) is 0 Å². The number of nitrogens with zero attached hydrogens (tertiary/aromatic N) is 2. The van der Waals surface area contributed by atoms with E-state index in [1.54, 1.807) is 26.0 Å². The van der Waals surface area contributed by atoms with Crippen molar-refractivity contribution < 1.29 is 13.5 Å². The van der Waals surface area contributed by atoms with Gasteiger partial charge >= 0.3 is 0 Å². The van der Waals surface area contributed by atoms with E-state index in [-0.39, 0.29) is 17.9 Å². The fourth-order valence-electron chi connectivity index (χ4n) is 1.71. The molecule has 1 N–H and O–H groups in total. The first-order valence-corrected chi connectivity index (χ1v) is 7.52. The number of benzene rings is 1. The van der Waals surface area contributed by atoms with E-state index < -0.39 is 16.1 Å². The number of hydrogen-bond donors (Lipinski definition) is 1. The summed E-state index contributed by atoms with van der Waals surface area (Å²) in [6.07, 6.45) is -0.562. The van der Waals surface area contributed by atoms with E-state index in [1.165, 1.54) is 16.4 Å². The maximum absolute atomic E-state index is 12.4. The van der Waals surface area contributed by atoms with Gasteiger partial charge in [0.2, 0.25) is 10.0 Å². The van der Waals surface area contributed by atoms with Crippen LogP contribution in [-0.2, 0) is 10.0 Å². The second-order valence-electron chi connectivity index (χ2n) is 4.15. The van der Waals surface area contributed by atoms with Crippen LogP contribution in [0.15, 0.2) is 29.2 Å². The summed E-state index contributed by atoms with van der Waals surface area (Å²) in [5, 5.41) is 18.1. The van der Waals surface area contributed by atoms with Crippen LogP contribution in [0.4, 0.5) is 0 Å². The average Bonchev–Trinajstić information content (AvgIpc) is 2.39. The van der Waals surface area contributed by atoms with Gasteiger partial charge in [-0.25, -0.2) is 8.42 Å². The first-order chi connectivity index (χ1) is 8.93. The summed E-state index contributed by atoms with van der Waals surface area (Å²) in [4.78, 5) is 0.144. The topological polar surface area (TPSA) is 81.4 Å². The number of nitriles is 1. The van der Waals surface area contributed by atoms with Gasteiger partial charge in [-0.1, -0.05) is 19.1 Å². The van der Waals surface area contributed by atoms with Gasteiger partial charge in [0.05, 0.1) is 17.1 Å². The van der Waals surface area contributed by atoms with Crippen LogP contribution in [0.5, 0.6) is 0 Å².